The van der Waals surface area contributed by atoms with E-state index in [9.17, 15) is 27.2 Å². The summed E-state index contributed by atoms with van der Waals surface area (Å²) in [6.45, 7) is 1.60. The third-order valence-electron chi connectivity index (χ3n) is 6.19. The van der Waals surface area contributed by atoms with Gasteiger partial charge >= 0.3 is 12.1 Å². The third kappa shape index (κ3) is 9.59. The van der Waals surface area contributed by atoms with Crippen LogP contribution >= 0.6 is 0 Å². The highest BCUT2D eigenvalue weighted by atomic mass is 19.4. The second-order valence-corrected chi connectivity index (χ2v) is 9.45. The van der Waals surface area contributed by atoms with Crippen molar-refractivity contribution in [3.05, 3.63) is 78.1 Å². The predicted octanol–water partition coefficient (Wildman–Crippen LogP) is 6.27. The molecule has 0 spiro atoms. The van der Waals surface area contributed by atoms with Crippen molar-refractivity contribution in [3.63, 3.8) is 0 Å². The van der Waals surface area contributed by atoms with Crippen LogP contribution in [0, 0.1) is 5.82 Å². The lowest BCUT2D eigenvalue weighted by Crippen LogP contribution is -2.30. The van der Waals surface area contributed by atoms with Crippen LogP contribution in [0.5, 0.6) is 0 Å². The van der Waals surface area contributed by atoms with Crippen LogP contribution in [-0.4, -0.2) is 43.9 Å². The van der Waals surface area contributed by atoms with Gasteiger partial charge in [0.15, 0.2) is 0 Å². The van der Waals surface area contributed by atoms with Crippen LogP contribution in [0.4, 0.5) is 17.6 Å². The van der Waals surface area contributed by atoms with Crippen LogP contribution in [0.15, 0.2) is 60.9 Å². The Balaban J connectivity index is 0.000000587. The van der Waals surface area contributed by atoms with Crippen molar-refractivity contribution in [3.8, 4) is 11.3 Å². The number of benzene rings is 2. The highest BCUT2D eigenvalue weighted by Crippen LogP contribution is 2.24. The molecule has 0 saturated heterocycles. The summed E-state index contributed by atoms with van der Waals surface area (Å²) in [7, 11) is 0. The molecule has 4 aromatic rings. The van der Waals surface area contributed by atoms with E-state index in [0.29, 0.717) is 24.1 Å². The van der Waals surface area contributed by atoms with Crippen LogP contribution in [0.25, 0.3) is 22.2 Å². The lowest BCUT2D eigenvalue weighted by atomic mass is 10.0. The van der Waals surface area contributed by atoms with E-state index >= 15 is 0 Å². The zero-order chi connectivity index (χ0) is 30.0. The van der Waals surface area contributed by atoms with E-state index in [1.807, 2.05) is 30.3 Å². The number of carbonyl (C=O) groups is 3. The molecule has 2 heterocycles. The Kier molecular flexibility index (Phi) is 10.8. The number of hydrogen-bond donors (Lipinski definition) is 4. The molecule has 4 rings (SSSR count). The molecule has 4 N–H and O–H groups in total. The molecule has 41 heavy (non-hydrogen) atoms. The third-order valence-corrected chi connectivity index (χ3v) is 6.19. The fourth-order valence-electron chi connectivity index (χ4n) is 4.17. The van der Waals surface area contributed by atoms with Crippen molar-refractivity contribution in [1.29, 1.82) is 0 Å². The molecule has 8 nitrogen and oxygen atoms in total. The number of fused-ring (bicyclic) bond motifs is 1. The Bertz CT molecular complexity index is 1460. The number of nitrogens with one attached hydrogen (secondary N) is 3. The number of carboxylic acids is 1. The SMILES string of the molecule is CC(=O)CCCCC[C@H](NC(=O)Cc1c[nH]c2ccc(F)cc12)c1ncc(-c2ccccc2)[nH]1.O=C(O)C(F)(F)F. The van der Waals surface area contributed by atoms with Crippen LogP contribution in [0.2, 0.25) is 0 Å². The van der Waals surface area contributed by atoms with E-state index in [2.05, 4.69) is 20.3 Å². The first kappa shape index (κ1) is 31.1. The van der Waals surface area contributed by atoms with E-state index in [0.717, 1.165) is 41.6 Å². The molecule has 1 amide bonds. The van der Waals surface area contributed by atoms with Crippen molar-refractivity contribution in [1.82, 2.24) is 20.3 Å². The molecule has 0 fully saturated rings. The Hall–Kier alpha value is -4.48. The number of H-pyrrole nitrogens is 2. The van der Waals surface area contributed by atoms with Gasteiger partial charge in [-0.3, -0.25) is 4.79 Å². The molecule has 2 aromatic heterocycles. The summed E-state index contributed by atoms with van der Waals surface area (Å²) in [5.74, 6) is -2.35. The molecule has 0 radical (unpaired) electrons. The topological polar surface area (TPSA) is 128 Å². The number of hydrogen-bond acceptors (Lipinski definition) is 4. The van der Waals surface area contributed by atoms with Crippen molar-refractivity contribution >= 4 is 28.6 Å². The van der Waals surface area contributed by atoms with E-state index in [-0.39, 0.29) is 30.0 Å². The Labute approximate surface area is 233 Å². The van der Waals surface area contributed by atoms with Crippen molar-refractivity contribution in [2.24, 2.45) is 0 Å². The number of carboxylic acid groups (broad SMARTS) is 1. The smallest absolute Gasteiger partial charge is 0.475 e. The van der Waals surface area contributed by atoms with Crippen molar-refractivity contribution in [2.45, 2.75) is 57.7 Å². The van der Waals surface area contributed by atoms with Crippen LogP contribution in [-0.2, 0) is 20.8 Å². The van der Waals surface area contributed by atoms with Crippen LogP contribution in [0.3, 0.4) is 0 Å². The van der Waals surface area contributed by atoms with Crippen molar-refractivity contribution in [2.75, 3.05) is 0 Å². The second-order valence-electron chi connectivity index (χ2n) is 9.45. The monoisotopic (exact) mass is 574 g/mol. The van der Waals surface area contributed by atoms with Gasteiger partial charge in [-0.2, -0.15) is 13.2 Å². The molecular weight excluding hydrogens is 544 g/mol. The van der Waals surface area contributed by atoms with Gasteiger partial charge in [0.1, 0.15) is 17.4 Å². The Morgan fingerprint density at radius 2 is 1.76 bits per heavy atom. The van der Waals surface area contributed by atoms with Gasteiger partial charge in [-0.1, -0.05) is 43.2 Å². The molecule has 2 aromatic carbocycles. The van der Waals surface area contributed by atoms with Gasteiger partial charge < -0.3 is 25.2 Å². The normalized spacial score (nSPS) is 11.9. The van der Waals surface area contributed by atoms with Gasteiger partial charge in [-0.25, -0.2) is 14.2 Å². The highest BCUT2D eigenvalue weighted by molar-refractivity contribution is 5.89. The first-order valence-corrected chi connectivity index (χ1v) is 12.9. The molecule has 1 atom stereocenters. The minimum absolute atomic E-state index is 0.135. The minimum atomic E-state index is -5.08. The Morgan fingerprint density at radius 1 is 1.05 bits per heavy atom. The average Bonchev–Trinajstić information content (AvgIpc) is 3.56. The second kappa shape index (κ2) is 14.2. The molecule has 0 bridgehead atoms. The van der Waals surface area contributed by atoms with E-state index < -0.39 is 12.1 Å². The lowest BCUT2D eigenvalue weighted by molar-refractivity contribution is -0.192. The molecule has 0 aliphatic rings. The van der Waals surface area contributed by atoms with E-state index in [4.69, 9.17) is 9.90 Å². The zero-order valence-corrected chi connectivity index (χ0v) is 22.2. The summed E-state index contributed by atoms with van der Waals surface area (Å²) in [5.41, 5.74) is 3.45. The summed E-state index contributed by atoms with van der Waals surface area (Å²) in [5, 5.41) is 10.9. The average molecular weight is 575 g/mol. The van der Waals surface area contributed by atoms with Gasteiger partial charge in [0, 0.05) is 23.5 Å². The summed E-state index contributed by atoms with van der Waals surface area (Å²) in [6, 6.07) is 14.1. The predicted molar refractivity (Wildman–Crippen MR) is 144 cm³/mol. The lowest BCUT2D eigenvalue weighted by Gasteiger charge is -2.17. The zero-order valence-electron chi connectivity index (χ0n) is 22.2. The number of aromatic amines is 2. The van der Waals surface area contributed by atoms with E-state index in [1.165, 1.54) is 12.1 Å². The summed E-state index contributed by atoms with van der Waals surface area (Å²) >= 11 is 0. The number of alkyl halides is 3. The summed E-state index contributed by atoms with van der Waals surface area (Å²) in [6.07, 6.45) is 2.46. The molecule has 0 aliphatic carbocycles. The molecular formula is C29H30F4N4O4. The fraction of sp³-hybridized carbons (Fsp3) is 0.310. The van der Waals surface area contributed by atoms with Gasteiger partial charge in [0.05, 0.1) is 24.4 Å². The molecule has 0 saturated carbocycles. The number of aliphatic carboxylic acids is 1. The number of unbranched alkanes of at least 4 members (excludes halogenated alkanes) is 2. The van der Waals surface area contributed by atoms with Gasteiger partial charge in [0.2, 0.25) is 5.91 Å². The minimum Gasteiger partial charge on any atom is -0.475 e. The number of nitrogens with zero attached hydrogens (tertiary/aromatic N) is 1. The van der Waals surface area contributed by atoms with Gasteiger partial charge in [-0.05, 0) is 49.1 Å². The molecule has 218 valence electrons. The number of rotatable bonds is 11. The van der Waals surface area contributed by atoms with E-state index in [1.54, 1.807) is 25.4 Å². The largest absolute Gasteiger partial charge is 0.490 e. The van der Waals surface area contributed by atoms with Crippen LogP contribution in [0.1, 0.15) is 56.5 Å². The maximum Gasteiger partial charge on any atom is 0.490 e. The maximum absolute atomic E-state index is 13.7. The number of aromatic nitrogens is 3. The number of imidazole rings is 1. The number of carbonyl (C=O) groups excluding carboxylic acids is 2. The fourth-order valence-corrected chi connectivity index (χ4v) is 4.17. The highest BCUT2D eigenvalue weighted by Gasteiger charge is 2.38. The maximum atomic E-state index is 13.7. The number of ketones is 1. The number of halogens is 4. The standard InChI is InChI=1S/C27H29FN4O2.C2HF3O2/c1-18(33)8-4-2-7-11-24(27-30-17-25(32-27)19-9-5-3-6-10-19)31-26(34)14-20-16-29-23-13-12-21(28)15-22(20)23;3-2(4,5)1(6)7/h3,5-6,9-10,12-13,15-17,24,29H,2,4,7-8,11,14H2,1H3,(H,30,32)(H,31,34);(H,6,7)/t24-;/m0./s1. The van der Waals surface area contributed by atoms with Crippen molar-refractivity contribution < 1.29 is 37.1 Å². The number of amides is 1. The van der Waals surface area contributed by atoms with Gasteiger partial charge in [0.25, 0.3) is 0 Å². The summed E-state index contributed by atoms with van der Waals surface area (Å²) in [4.78, 5) is 44.1. The first-order valence-electron chi connectivity index (χ1n) is 12.9. The molecule has 0 aliphatic heterocycles. The Morgan fingerprint density at radius 3 is 2.41 bits per heavy atom. The number of Topliss-reactive ketones (excluding diaryl/α,β-unsaturated/α-hetero) is 1. The quantitative estimate of drug-likeness (QED) is 0.124. The molecule has 0 unspecified atom stereocenters. The van der Waals surface area contributed by atoms with Gasteiger partial charge in [-0.15, -0.1) is 0 Å². The van der Waals surface area contributed by atoms with Crippen LogP contribution < -0.4 is 5.32 Å². The first-order chi connectivity index (χ1) is 19.4. The molecule has 12 heteroatoms. The summed E-state index contributed by atoms with van der Waals surface area (Å²) < 4.78 is 45.4.